The number of carbonyl (C=O) groups excluding carboxylic acids is 1. The quantitative estimate of drug-likeness (QED) is 0.859. The lowest BCUT2D eigenvalue weighted by Crippen LogP contribution is -2.57. The summed E-state index contributed by atoms with van der Waals surface area (Å²) in [7, 11) is 0. The van der Waals surface area contributed by atoms with Gasteiger partial charge >= 0.3 is 0 Å². The monoisotopic (exact) mass is 252 g/mol. The zero-order valence-electron chi connectivity index (χ0n) is 11.0. The zero-order valence-corrected chi connectivity index (χ0v) is 11.0. The zero-order chi connectivity index (χ0) is 13.2. The molecule has 1 saturated heterocycles. The van der Waals surface area contributed by atoms with E-state index in [0.29, 0.717) is 18.3 Å². The SMILES string of the molecule is CCc1nnc(CN2CCCC[C@]2(C)C(N)=O)o1. The Kier molecular flexibility index (Phi) is 3.65. The molecule has 0 bridgehead atoms. The van der Waals surface area contributed by atoms with Gasteiger partial charge in [0.1, 0.15) is 0 Å². The van der Waals surface area contributed by atoms with Crippen LogP contribution in [-0.4, -0.2) is 33.1 Å². The largest absolute Gasteiger partial charge is 0.424 e. The van der Waals surface area contributed by atoms with Gasteiger partial charge in [0, 0.05) is 6.42 Å². The summed E-state index contributed by atoms with van der Waals surface area (Å²) in [5.41, 5.74) is 4.93. The van der Waals surface area contributed by atoms with Crippen LogP contribution in [0.3, 0.4) is 0 Å². The number of hydrogen-bond donors (Lipinski definition) is 1. The van der Waals surface area contributed by atoms with Crippen molar-refractivity contribution in [3.05, 3.63) is 11.8 Å². The van der Waals surface area contributed by atoms with Gasteiger partial charge in [-0.15, -0.1) is 10.2 Å². The van der Waals surface area contributed by atoms with Crippen molar-refractivity contribution in [2.75, 3.05) is 6.54 Å². The van der Waals surface area contributed by atoms with Crippen LogP contribution in [0.2, 0.25) is 0 Å². The number of likely N-dealkylation sites (tertiary alicyclic amines) is 1. The Balaban J connectivity index is 2.12. The summed E-state index contributed by atoms with van der Waals surface area (Å²) in [6, 6.07) is 0. The second-order valence-electron chi connectivity index (χ2n) is 4.96. The lowest BCUT2D eigenvalue weighted by atomic mass is 9.88. The molecule has 2 N–H and O–H groups in total. The minimum atomic E-state index is -0.598. The van der Waals surface area contributed by atoms with E-state index >= 15 is 0 Å². The number of aromatic nitrogens is 2. The second-order valence-corrected chi connectivity index (χ2v) is 4.96. The van der Waals surface area contributed by atoms with E-state index in [0.717, 1.165) is 32.2 Å². The average Bonchev–Trinajstić information content (AvgIpc) is 2.80. The Morgan fingerprint density at radius 3 is 2.78 bits per heavy atom. The fourth-order valence-electron chi connectivity index (χ4n) is 2.37. The number of aryl methyl sites for hydroxylation is 1. The third-order valence-electron chi connectivity index (χ3n) is 3.71. The highest BCUT2D eigenvalue weighted by Gasteiger charge is 2.40. The van der Waals surface area contributed by atoms with Crippen LogP contribution in [0.5, 0.6) is 0 Å². The number of nitrogens with two attached hydrogens (primary N) is 1. The number of hydrogen-bond acceptors (Lipinski definition) is 5. The first-order valence-corrected chi connectivity index (χ1v) is 6.42. The third kappa shape index (κ3) is 2.38. The maximum atomic E-state index is 11.7. The molecule has 0 unspecified atom stereocenters. The molecule has 0 spiro atoms. The van der Waals surface area contributed by atoms with Gasteiger partial charge in [-0.2, -0.15) is 0 Å². The van der Waals surface area contributed by atoms with E-state index in [9.17, 15) is 4.79 Å². The molecule has 6 heteroatoms. The average molecular weight is 252 g/mol. The molecule has 0 aromatic carbocycles. The molecular formula is C12H20N4O2. The maximum Gasteiger partial charge on any atom is 0.237 e. The van der Waals surface area contributed by atoms with Crippen LogP contribution in [0, 0.1) is 0 Å². The van der Waals surface area contributed by atoms with Crippen molar-refractivity contribution >= 4 is 5.91 Å². The van der Waals surface area contributed by atoms with Gasteiger partial charge in [-0.1, -0.05) is 6.92 Å². The minimum Gasteiger partial charge on any atom is -0.424 e. The molecule has 1 fully saturated rings. The van der Waals surface area contributed by atoms with Gasteiger partial charge in [-0.25, -0.2) is 0 Å². The molecule has 2 heterocycles. The lowest BCUT2D eigenvalue weighted by Gasteiger charge is -2.41. The van der Waals surface area contributed by atoms with Crippen LogP contribution in [0.1, 0.15) is 44.9 Å². The third-order valence-corrected chi connectivity index (χ3v) is 3.71. The van der Waals surface area contributed by atoms with Gasteiger partial charge in [-0.3, -0.25) is 9.69 Å². The van der Waals surface area contributed by atoms with Crippen molar-refractivity contribution in [2.45, 2.75) is 51.6 Å². The molecular weight excluding hydrogens is 232 g/mol. The Hall–Kier alpha value is -1.43. The summed E-state index contributed by atoms with van der Waals surface area (Å²) in [6.45, 7) is 5.19. The van der Waals surface area contributed by atoms with Crippen LogP contribution < -0.4 is 5.73 Å². The molecule has 18 heavy (non-hydrogen) atoms. The van der Waals surface area contributed by atoms with Gasteiger partial charge in [0.05, 0.1) is 12.1 Å². The topological polar surface area (TPSA) is 85.3 Å². The standard InChI is InChI=1S/C12H20N4O2/c1-3-9-14-15-10(18-9)8-16-7-5-4-6-12(16,2)11(13)17/h3-8H2,1-2H3,(H2,13,17)/t12-/m1/s1. The Bertz CT molecular complexity index is 431. The first-order chi connectivity index (χ1) is 8.56. The van der Waals surface area contributed by atoms with Crippen molar-refractivity contribution in [1.82, 2.24) is 15.1 Å². The highest BCUT2D eigenvalue weighted by atomic mass is 16.4. The number of rotatable bonds is 4. The smallest absolute Gasteiger partial charge is 0.237 e. The summed E-state index contributed by atoms with van der Waals surface area (Å²) in [4.78, 5) is 13.7. The van der Waals surface area contributed by atoms with E-state index in [1.165, 1.54) is 0 Å². The highest BCUT2D eigenvalue weighted by molar-refractivity contribution is 5.84. The molecule has 1 amide bonds. The van der Waals surface area contributed by atoms with Gasteiger partial charge in [-0.05, 0) is 32.7 Å². The van der Waals surface area contributed by atoms with E-state index in [2.05, 4.69) is 10.2 Å². The van der Waals surface area contributed by atoms with Crippen LogP contribution in [0.15, 0.2) is 4.42 Å². The Morgan fingerprint density at radius 2 is 2.17 bits per heavy atom. The van der Waals surface area contributed by atoms with Crippen molar-refractivity contribution in [3.63, 3.8) is 0 Å². The minimum absolute atomic E-state index is 0.280. The molecule has 1 aromatic rings. The van der Waals surface area contributed by atoms with Crippen molar-refractivity contribution in [3.8, 4) is 0 Å². The molecule has 1 aliphatic heterocycles. The second kappa shape index (κ2) is 5.06. The molecule has 0 radical (unpaired) electrons. The summed E-state index contributed by atoms with van der Waals surface area (Å²) >= 11 is 0. The van der Waals surface area contributed by atoms with Crippen molar-refractivity contribution < 1.29 is 9.21 Å². The summed E-state index contributed by atoms with van der Waals surface area (Å²) in [5, 5.41) is 7.93. The van der Waals surface area contributed by atoms with Crippen LogP contribution >= 0.6 is 0 Å². The summed E-state index contributed by atoms with van der Waals surface area (Å²) in [5.74, 6) is 0.904. The van der Waals surface area contributed by atoms with Crippen LogP contribution in [0.4, 0.5) is 0 Å². The lowest BCUT2D eigenvalue weighted by molar-refractivity contribution is -0.132. The normalized spacial score (nSPS) is 25.2. The molecule has 0 aliphatic carbocycles. The van der Waals surface area contributed by atoms with E-state index in [1.807, 2.05) is 18.7 Å². The van der Waals surface area contributed by atoms with Crippen molar-refractivity contribution in [1.29, 1.82) is 0 Å². The number of primary amides is 1. The highest BCUT2D eigenvalue weighted by Crippen LogP contribution is 2.28. The number of piperidine rings is 1. The molecule has 100 valence electrons. The molecule has 1 atom stereocenters. The fourth-order valence-corrected chi connectivity index (χ4v) is 2.37. The number of amides is 1. The fraction of sp³-hybridized carbons (Fsp3) is 0.750. The first-order valence-electron chi connectivity index (χ1n) is 6.42. The van der Waals surface area contributed by atoms with E-state index in [4.69, 9.17) is 10.2 Å². The van der Waals surface area contributed by atoms with Crippen LogP contribution in [-0.2, 0) is 17.8 Å². The number of nitrogens with zero attached hydrogens (tertiary/aromatic N) is 3. The Labute approximate surface area is 107 Å². The molecule has 0 saturated carbocycles. The number of carbonyl (C=O) groups is 1. The maximum absolute atomic E-state index is 11.7. The molecule has 1 aromatic heterocycles. The van der Waals surface area contributed by atoms with E-state index in [1.54, 1.807) is 0 Å². The predicted molar refractivity (Wildman–Crippen MR) is 65.5 cm³/mol. The molecule has 2 rings (SSSR count). The first kappa shape index (κ1) is 13.0. The van der Waals surface area contributed by atoms with Crippen molar-refractivity contribution in [2.24, 2.45) is 5.73 Å². The van der Waals surface area contributed by atoms with Crippen LogP contribution in [0.25, 0.3) is 0 Å². The van der Waals surface area contributed by atoms with E-state index in [-0.39, 0.29) is 5.91 Å². The predicted octanol–water partition coefficient (Wildman–Crippen LogP) is 0.862. The van der Waals surface area contributed by atoms with Gasteiger partial charge in [0.25, 0.3) is 0 Å². The Morgan fingerprint density at radius 1 is 1.44 bits per heavy atom. The summed E-state index contributed by atoms with van der Waals surface area (Å²) < 4.78 is 5.49. The molecule has 6 nitrogen and oxygen atoms in total. The molecule has 1 aliphatic rings. The van der Waals surface area contributed by atoms with Gasteiger partial charge < -0.3 is 10.2 Å². The van der Waals surface area contributed by atoms with E-state index < -0.39 is 5.54 Å². The van der Waals surface area contributed by atoms with Gasteiger partial charge in [0.2, 0.25) is 17.7 Å². The van der Waals surface area contributed by atoms with Gasteiger partial charge in [0.15, 0.2) is 0 Å². The summed E-state index contributed by atoms with van der Waals surface area (Å²) in [6.07, 6.45) is 3.61.